The van der Waals surface area contributed by atoms with Crippen LogP contribution in [0, 0.1) is 0 Å². The van der Waals surface area contributed by atoms with Crippen molar-refractivity contribution in [2.45, 2.75) is 25.9 Å². The zero-order valence-corrected chi connectivity index (χ0v) is 18.8. The van der Waals surface area contributed by atoms with Crippen LogP contribution in [0.5, 0.6) is 5.75 Å². The van der Waals surface area contributed by atoms with Gasteiger partial charge in [0.25, 0.3) is 5.91 Å². The Morgan fingerprint density at radius 2 is 1.72 bits per heavy atom. The van der Waals surface area contributed by atoms with Crippen LogP contribution in [0.1, 0.15) is 12.5 Å². The van der Waals surface area contributed by atoms with E-state index in [-0.39, 0.29) is 18.1 Å². The number of nitrogens with zero attached hydrogens (tertiary/aromatic N) is 3. The van der Waals surface area contributed by atoms with Crippen LogP contribution in [0.2, 0.25) is 0 Å². The van der Waals surface area contributed by atoms with E-state index >= 15 is 0 Å². The van der Waals surface area contributed by atoms with E-state index in [0.717, 1.165) is 17.0 Å². The number of nitrogens with one attached hydrogen (secondary N) is 2. The second-order valence-corrected chi connectivity index (χ2v) is 7.80. The van der Waals surface area contributed by atoms with Gasteiger partial charge in [-0.15, -0.1) is 13.2 Å². The van der Waals surface area contributed by atoms with Gasteiger partial charge in [0.1, 0.15) is 17.6 Å². The largest absolute Gasteiger partial charge is 0.573 e. The molecule has 1 unspecified atom stereocenters. The lowest BCUT2D eigenvalue weighted by atomic mass is 10.2. The molecule has 9 nitrogen and oxygen atoms in total. The molecule has 1 fully saturated rings. The normalized spacial score (nSPS) is 15.7. The van der Waals surface area contributed by atoms with Gasteiger partial charge < -0.3 is 15.0 Å². The first-order valence-corrected chi connectivity index (χ1v) is 10.7. The number of aromatic nitrogens is 1. The number of benzene rings is 2. The average molecular weight is 499 g/mol. The second kappa shape index (κ2) is 9.94. The van der Waals surface area contributed by atoms with Crippen LogP contribution in [-0.2, 0) is 11.3 Å². The van der Waals surface area contributed by atoms with Crippen molar-refractivity contribution in [1.29, 1.82) is 0 Å². The lowest BCUT2D eigenvalue weighted by Crippen LogP contribution is -2.33. The van der Waals surface area contributed by atoms with Crippen LogP contribution in [0.3, 0.4) is 0 Å². The molecule has 0 bridgehead atoms. The fourth-order valence-electron chi connectivity index (χ4n) is 3.59. The molecule has 186 valence electrons. The van der Waals surface area contributed by atoms with Gasteiger partial charge in [-0.25, -0.2) is 19.5 Å². The van der Waals surface area contributed by atoms with Crippen molar-refractivity contribution in [1.82, 2.24) is 9.88 Å². The topological polar surface area (TPSA) is 104 Å². The number of halogens is 3. The van der Waals surface area contributed by atoms with Gasteiger partial charge in [0.2, 0.25) is 0 Å². The first-order chi connectivity index (χ1) is 17.1. The monoisotopic (exact) mass is 499 g/mol. The van der Waals surface area contributed by atoms with E-state index in [2.05, 4.69) is 20.4 Å². The summed E-state index contributed by atoms with van der Waals surface area (Å²) in [5.74, 6) is -0.758. The third-order valence-corrected chi connectivity index (χ3v) is 5.26. The molecule has 2 N–H and O–H groups in total. The molecular formula is C24H20F3N5O4. The Morgan fingerprint density at radius 1 is 1.03 bits per heavy atom. The van der Waals surface area contributed by atoms with Crippen molar-refractivity contribution in [3.63, 3.8) is 0 Å². The lowest BCUT2D eigenvalue weighted by Gasteiger charge is -2.20. The molecule has 1 saturated heterocycles. The maximum atomic E-state index is 13.0. The van der Waals surface area contributed by atoms with Gasteiger partial charge >= 0.3 is 18.4 Å². The number of urea groups is 2. The predicted molar refractivity (Wildman–Crippen MR) is 124 cm³/mol. The Kier molecular flexibility index (Phi) is 6.77. The number of hydrogen-bond donors (Lipinski definition) is 2. The molecule has 5 amide bonds. The highest BCUT2D eigenvalue weighted by Gasteiger charge is 2.43. The zero-order chi connectivity index (χ0) is 25.9. The number of alkyl halides is 3. The fourth-order valence-corrected chi connectivity index (χ4v) is 3.59. The van der Waals surface area contributed by atoms with Crippen LogP contribution in [-0.4, -0.2) is 40.3 Å². The Morgan fingerprint density at radius 3 is 2.39 bits per heavy atom. The Labute approximate surface area is 203 Å². The molecule has 1 atom stereocenters. The van der Waals surface area contributed by atoms with Crippen molar-refractivity contribution in [2.24, 2.45) is 0 Å². The molecule has 0 aliphatic carbocycles. The minimum Gasteiger partial charge on any atom is -0.406 e. The fraction of sp³-hybridized carbons (Fsp3) is 0.167. The number of amides is 5. The van der Waals surface area contributed by atoms with Gasteiger partial charge in [-0.3, -0.25) is 10.1 Å². The smallest absolute Gasteiger partial charge is 0.406 e. The maximum Gasteiger partial charge on any atom is 0.573 e. The van der Waals surface area contributed by atoms with Crippen LogP contribution in [0.15, 0.2) is 72.9 Å². The van der Waals surface area contributed by atoms with Gasteiger partial charge in [-0.1, -0.05) is 18.2 Å². The molecule has 3 aromatic rings. The van der Waals surface area contributed by atoms with Crippen LogP contribution >= 0.6 is 0 Å². The summed E-state index contributed by atoms with van der Waals surface area (Å²) < 4.78 is 41.0. The molecule has 2 heterocycles. The summed E-state index contributed by atoms with van der Waals surface area (Å²) >= 11 is 0. The molecule has 12 heteroatoms. The van der Waals surface area contributed by atoms with Crippen LogP contribution < -0.4 is 20.3 Å². The molecular weight excluding hydrogens is 479 g/mol. The first-order valence-electron chi connectivity index (χ1n) is 10.7. The third-order valence-electron chi connectivity index (χ3n) is 5.26. The SMILES string of the molecule is CC1C(=O)N(c2ccc(OC(F)(F)F)cc2)C(=O)N1Cc1ccnc(NC(=O)Nc2ccccc2)c1. The summed E-state index contributed by atoms with van der Waals surface area (Å²) in [6, 6.07) is 14.5. The van der Waals surface area contributed by atoms with Crippen molar-refractivity contribution in [3.05, 3.63) is 78.5 Å². The van der Waals surface area contributed by atoms with Crippen molar-refractivity contribution >= 4 is 35.2 Å². The number of imide groups is 1. The number of ether oxygens (including phenoxy) is 1. The van der Waals surface area contributed by atoms with Crippen molar-refractivity contribution < 1.29 is 32.3 Å². The molecule has 0 radical (unpaired) electrons. The van der Waals surface area contributed by atoms with Crippen LogP contribution in [0.25, 0.3) is 0 Å². The van der Waals surface area contributed by atoms with E-state index in [9.17, 15) is 27.6 Å². The predicted octanol–water partition coefficient (Wildman–Crippen LogP) is 4.98. The number of anilines is 3. The molecule has 4 rings (SSSR count). The summed E-state index contributed by atoms with van der Waals surface area (Å²) in [5.41, 5.74) is 1.31. The highest BCUT2D eigenvalue weighted by Crippen LogP contribution is 2.30. The zero-order valence-electron chi connectivity index (χ0n) is 18.8. The van der Waals surface area contributed by atoms with E-state index in [4.69, 9.17) is 0 Å². The molecule has 0 saturated carbocycles. The van der Waals surface area contributed by atoms with Gasteiger partial charge in [-0.2, -0.15) is 0 Å². The van der Waals surface area contributed by atoms with E-state index in [1.165, 1.54) is 23.2 Å². The number of carbonyl (C=O) groups excluding carboxylic acids is 3. The summed E-state index contributed by atoms with van der Waals surface area (Å²) in [4.78, 5) is 44.4. The maximum absolute atomic E-state index is 13.0. The third kappa shape index (κ3) is 5.71. The van der Waals surface area contributed by atoms with E-state index in [1.54, 1.807) is 43.3 Å². The number of carbonyl (C=O) groups is 3. The van der Waals surface area contributed by atoms with Gasteiger partial charge in [-0.05, 0) is 61.0 Å². The Balaban J connectivity index is 1.44. The molecule has 1 aliphatic heterocycles. The average Bonchev–Trinajstić information content (AvgIpc) is 3.02. The molecule has 36 heavy (non-hydrogen) atoms. The summed E-state index contributed by atoms with van der Waals surface area (Å²) in [6.45, 7) is 1.59. The highest BCUT2D eigenvalue weighted by molar-refractivity contribution is 6.21. The van der Waals surface area contributed by atoms with Gasteiger partial charge in [0.15, 0.2) is 0 Å². The van der Waals surface area contributed by atoms with E-state index in [1.807, 2.05) is 6.07 Å². The minimum atomic E-state index is -4.85. The quantitative estimate of drug-likeness (QED) is 0.466. The Hall–Kier alpha value is -4.61. The first kappa shape index (κ1) is 24.5. The number of pyridine rings is 1. The number of hydrogen-bond acceptors (Lipinski definition) is 5. The second-order valence-electron chi connectivity index (χ2n) is 7.80. The summed E-state index contributed by atoms with van der Waals surface area (Å²) in [5, 5.41) is 5.28. The molecule has 0 spiro atoms. The van der Waals surface area contributed by atoms with Crippen molar-refractivity contribution in [3.8, 4) is 5.75 Å². The number of para-hydroxylation sites is 1. The van der Waals surface area contributed by atoms with E-state index < -0.39 is 36.1 Å². The Bertz CT molecular complexity index is 1270. The van der Waals surface area contributed by atoms with Crippen LogP contribution in [0.4, 0.5) is 40.0 Å². The lowest BCUT2D eigenvalue weighted by molar-refractivity contribution is -0.274. The molecule has 2 aromatic carbocycles. The molecule has 1 aliphatic rings. The number of rotatable bonds is 6. The highest BCUT2D eigenvalue weighted by atomic mass is 19.4. The minimum absolute atomic E-state index is 0.0367. The summed E-state index contributed by atoms with van der Waals surface area (Å²) in [6.07, 6.45) is -3.40. The van der Waals surface area contributed by atoms with Gasteiger partial charge in [0, 0.05) is 18.4 Å². The van der Waals surface area contributed by atoms with Crippen molar-refractivity contribution in [2.75, 3.05) is 15.5 Å². The van der Waals surface area contributed by atoms with E-state index in [0.29, 0.717) is 11.3 Å². The molecule has 1 aromatic heterocycles. The summed E-state index contributed by atoms with van der Waals surface area (Å²) in [7, 11) is 0. The standard InChI is InChI=1S/C24H20F3N5O4/c1-15-21(33)32(18-7-9-19(10-8-18)36-24(25,26)27)23(35)31(15)14-16-11-12-28-20(13-16)30-22(34)29-17-5-3-2-4-6-17/h2-13,15H,14H2,1H3,(H2,28,29,30,34). The van der Waals surface area contributed by atoms with Gasteiger partial charge in [0.05, 0.1) is 5.69 Å².